The minimum Gasteiger partial charge on any atom is -0.374 e. The quantitative estimate of drug-likeness (QED) is 0.706. The summed E-state index contributed by atoms with van der Waals surface area (Å²) in [6, 6.07) is 7.80. The molecule has 7 nitrogen and oxygen atoms in total. The van der Waals surface area contributed by atoms with Crippen molar-refractivity contribution in [2.24, 2.45) is 7.05 Å². The van der Waals surface area contributed by atoms with Gasteiger partial charge in [0, 0.05) is 39.1 Å². The van der Waals surface area contributed by atoms with Crippen molar-refractivity contribution in [3.05, 3.63) is 47.7 Å². The van der Waals surface area contributed by atoms with Crippen molar-refractivity contribution in [2.75, 3.05) is 19.7 Å². The molecule has 136 valence electrons. The number of thiophene rings is 1. The van der Waals surface area contributed by atoms with Crippen molar-refractivity contribution in [2.45, 2.75) is 19.1 Å². The zero-order chi connectivity index (χ0) is 17.9. The number of amides is 1. The molecule has 8 heteroatoms. The molecule has 0 bridgehead atoms. The summed E-state index contributed by atoms with van der Waals surface area (Å²) in [5, 5.41) is 10.7. The summed E-state index contributed by atoms with van der Waals surface area (Å²) in [4.78, 5) is 16.0. The number of hydrogen-bond donors (Lipinski definition) is 0. The van der Waals surface area contributed by atoms with E-state index >= 15 is 0 Å². The third kappa shape index (κ3) is 3.56. The first-order chi connectivity index (χ1) is 12.7. The predicted octanol–water partition coefficient (Wildman–Crippen LogP) is 2.28. The molecule has 1 aliphatic rings. The molecule has 0 aliphatic carbocycles. The number of hydrogen-bond acceptors (Lipinski definition) is 5. The van der Waals surface area contributed by atoms with E-state index in [9.17, 15) is 4.79 Å². The first kappa shape index (κ1) is 17.0. The highest BCUT2D eigenvalue weighted by atomic mass is 32.1. The maximum Gasteiger partial charge on any atom is 0.274 e. The molecule has 1 amide bonds. The van der Waals surface area contributed by atoms with E-state index in [2.05, 4.69) is 10.2 Å². The molecule has 3 aromatic rings. The maximum atomic E-state index is 13.0. The second-order valence-electron chi connectivity index (χ2n) is 6.34. The minimum atomic E-state index is -0.0678. The topological polar surface area (TPSA) is 65.2 Å². The van der Waals surface area contributed by atoms with Crippen LogP contribution in [0.25, 0.3) is 10.6 Å². The first-order valence-electron chi connectivity index (χ1n) is 8.67. The fourth-order valence-corrected chi connectivity index (χ4v) is 3.97. The Hall–Kier alpha value is -2.45. The van der Waals surface area contributed by atoms with Crippen LogP contribution in [0.15, 0.2) is 42.0 Å². The number of ether oxygens (including phenoxy) is 1. The average molecular weight is 371 g/mol. The Morgan fingerprint density at radius 2 is 2.35 bits per heavy atom. The van der Waals surface area contributed by atoms with Crippen LogP contribution in [0.2, 0.25) is 0 Å². The molecule has 4 heterocycles. The van der Waals surface area contributed by atoms with Crippen LogP contribution in [0.4, 0.5) is 0 Å². The van der Waals surface area contributed by atoms with Crippen molar-refractivity contribution in [3.63, 3.8) is 0 Å². The summed E-state index contributed by atoms with van der Waals surface area (Å²) in [5.41, 5.74) is 1.44. The number of nitrogens with zero attached hydrogens (tertiary/aromatic N) is 5. The normalized spacial score (nSPS) is 18.0. The summed E-state index contributed by atoms with van der Waals surface area (Å²) in [6.45, 7) is 2.51. The smallest absolute Gasteiger partial charge is 0.274 e. The molecule has 1 fully saturated rings. The van der Waals surface area contributed by atoms with Crippen molar-refractivity contribution in [3.8, 4) is 10.6 Å². The van der Waals surface area contributed by atoms with Gasteiger partial charge in [0.1, 0.15) is 0 Å². The SMILES string of the molecule is Cn1nc(C(=O)N2CCCO[C@H](Cn3cccn3)C2)cc1-c1cccs1. The van der Waals surface area contributed by atoms with E-state index in [-0.39, 0.29) is 12.0 Å². The summed E-state index contributed by atoms with van der Waals surface area (Å²) >= 11 is 1.64. The standard InChI is InChI=1S/C18H21N5O2S/c1-21-16(17-5-2-10-26-17)11-15(20-21)18(24)22-7-4-9-25-14(12-22)13-23-8-3-6-19-23/h2-3,5-6,8,10-11,14H,4,7,9,12-13H2,1H3/t14-/m0/s1. The highest BCUT2D eigenvalue weighted by Gasteiger charge is 2.26. The molecule has 3 aromatic heterocycles. The minimum absolute atomic E-state index is 0.0422. The Kier molecular flexibility index (Phi) is 4.85. The largest absolute Gasteiger partial charge is 0.374 e. The fourth-order valence-electron chi connectivity index (χ4n) is 3.20. The van der Waals surface area contributed by atoms with Gasteiger partial charge in [0.05, 0.1) is 23.2 Å². The zero-order valence-electron chi connectivity index (χ0n) is 14.6. The number of carbonyl (C=O) groups is 1. The summed E-state index contributed by atoms with van der Waals surface area (Å²) in [5.74, 6) is -0.0422. The number of aromatic nitrogens is 4. The molecule has 26 heavy (non-hydrogen) atoms. The van der Waals surface area contributed by atoms with Crippen LogP contribution >= 0.6 is 11.3 Å². The van der Waals surface area contributed by atoms with E-state index in [4.69, 9.17) is 4.74 Å². The van der Waals surface area contributed by atoms with Gasteiger partial charge in [-0.05, 0) is 30.0 Å². The van der Waals surface area contributed by atoms with E-state index in [1.807, 2.05) is 52.5 Å². The van der Waals surface area contributed by atoms with E-state index < -0.39 is 0 Å². The highest BCUT2D eigenvalue weighted by Crippen LogP contribution is 2.25. The van der Waals surface area contributed by atoms with E-state index in [0.29, 0.717) is 31.9 Å². The van der Waals surface area contributed by atoms with Crippen LogP contribution in [-0.2, 0) is 18.3 Å². The third-order valence-electron chi connectivity index (χ3n) is 4.46. The first-order valence-corrected chi connectivity index (χ1v) is 9.55. The lowest BCUT2D eigenvalue weighted by Crippen LogP contribution is -2.38. The molecular weight excluding hydrogens is 350 g/mol. The van der Waals surface area contributed by atoms with Gasteiger partial charge in [0.25, 0.3) is 5.91 Å². The Morgan fingerprint density at radius 1 is 1.42 bits per heavy atom. The average Bonchev–Trinajstić information content (AvgIpc) is 3.36. The molecule has 1 saturated heterocycles. The van der Waals surface area contributed by atoms with Crippen molar-refractivity contribution < 1.29 is 9.53 Å². The number of rotatable bonds is 4. The van der Waals surface area contributed by atoms with Crippen LogP contribution in [0.1, 0.15) is 16.9 Å². The van der Waals surface area contributed by atoms with Crippen LogP contribution < -0.4 is 0 Å². The van der Waals surface area contributed by atoms with Gasteiger partial charge < -0.3 is 9.64 Å². The van der Waals surface area contributed by atoms with Gasteiger partial charge in [-0.2, -0.15) is 10.2 Å². The second-order valence-corrected chi connectivity index (χ2v) is 7.29. The molecule has 0 unspecified atom stereocenters. The summed E-state index contributed by atoms with van der Waals surface area (Å²) in [6.07, 6.45) is 4.42. The molecule has 0 radical (unpaired) electrons. The Morgan fingerprint density at radius 3 is 3.12 bits per heavy atom. The number of aryl methyl sites for hydroxylation is 1. The molecule has 1 atom stereocenters. The van der Waals surface area contributed by atoms with Gasteiger partial charge in [-0.1, -0.05) is 6.07 Å². The molecule has 0 aromatic carbocycles. The van der Waals surface area contributed by atoms with Crippen LogP contribution in [-0.4, -0.2) is 56.2 Å². The van der Waals surface area contributed by atoms with Crippen molar-refractivity contribution in [1.29, 1.82) is 0 Å². The Bertz CT molecular complexity index is 856. The third-order valence-corrected chi connectivity index (χ3v) is 5.35. The lowest BCUT2D eigenvalue weighted by molar-refractivity contribution is 0.0365. The lowest BCUT2D eigenvalue weighted by atomic mass is 10.2. The molecule has 1 aliphatic heterocycles. The molecule has 0 spiro atoms. The van der Waals surface area contributed by atoms with Gasteiger partial charge in [0.15, 0.2) is 5.69 Å². The number of carbonyl (C=O) groups excluding carboxylic acids is 1. The maximum absolute atomic E-state index is 13.0. The summed E-state index contributed by atoms with van der Waals surface area (Å²) in [7, 11) is 1.87. The van der Waals surface area contributed by atoms with Crippen molar-refractivity contribution >= 4 is 17.2 Å². The van der Waals surface area contributed by atoms with Gasteiger partial charge in [-0.15, -0.1) is 11.3 Å². The van der Waals surface area contributed by atoms with Crippen LogP contribution in [0.3, 0.4) is 0 Å². The highest BCUT2D eigenvalue weighted by molar-refractivity contribution is 7.13. The van der Waals surface area contributed by atoms with Gasteiger partial charge in [-0.3, -0.25) is 14.2 Å². The molecule has 0 N–H and O–H groups in total. The van der Waals surface area contributed by atoms with Gasteiger partial charge >= 0.3 is 0 Å². The molecule has 4 rings (SSSR count). The summed E-state index contributed by atoms with van der Waals surface area (Å²) < 4.78 is 9.52. The molecule has 0 saturated carbocycles. The predicted molar refractivity (Wildman–Crippen MR) is 99.0 cm³/mol. The van der Waals surface area contributed by atoms with Crippen LogP contribution in [0.5, 0.6) is 0 Å². The fraction of sp³-hybridized carbons (Fsp3) is 0.389. The van der Waals surface area contributed by atoms with E-state index in [0.717, 1.165) is 17.0 Å². The lowest BCUT2D eigenvalue weighted by Gasteiger charge is -2.23. The Balaban J connectivity index is 1.50. The molecular formula is C18H21N5O2S. The van der Waals surface area contributed by atoms with Crippen LogP contribution in [0, 0.1) is 0 Å². The monoisotopic (exact) mass is 371 g/mol. The zero-order valence-corrected chi connectivity index (χ0v) is 15.4. The van der Waals surface area contributed by atoms with E-state index in [1.165, 1.54) is 0 Å². The van der Waals surface area contributed by atoms with Gasteiger partial charge in [-0.25, -0.2) is 0 Å². The van der Waals surface area contributed by atoms with Gasteiger partial charge in [0.2, 0.25) is 0 Å². The Labute approximate surface area is 155 Å². The van der Waals surface area contributed by atoms with E-state index in [1.54, 1.807) is 22.2 Å². The van der Waals surface area contributed by atoms with Crippen molar-refractivity contribution in [1.82, 2.24) is 24.5 Å². The second kappa shape index (κ2) is 7.43.